The highest BCUT2D eigenvalue weighted by atomic mass is 32.2. The molecule has 0 saturated carbocycles. The number of hydrogen-bond acceptors (Lipinski definition) is 7. The summed E-state index contributed by atoms with van der Waals surface area (Å²) < 4.78 is 65.8. The van der Waals surface area contributed by atoms with Crippen molar-refractivity contribution in [3.8, 4) is 11.5 Å². The molecule has 2 aliphatic heterocycles. The van der Waals surface area contributed by atoms with E-state index in [1.165, 1.54) is 26.9 Å². The molecule has 7 nitrogen and oxygen atoms in total. The van der Waals surface area contributed by atoms with Crippen LogP contribution in [0, 0.1) is 6.92 Å². The van der Waals surface area contributed by atoms with Crippen LogP contribution in [0.2, 0.25) is 0 Å². The van der Waals surface area contributed by atoms with Gasteiger partial charge >= 0.3 is 6.29 Å². The van der Waals surface area contributed by atoms with E-state index in [9.17, 15) is 17.2 Å². The van der Waals surface area contributed by atoms with Gasteiger partial charge in [-0.15, -0.1) is 8.78 Å². The number of aryl methyl sites for hydroxylation is 1. The first kappa shape index (κ1) is 25.0. The third-order valence-corrected chi connectivity index (χ3v) is 9.66. The summed E-state index contributed by atoms with van der Waals surface area (Å²) in [6.07, 6.45) is 3.90. The first-order valence-corrected chi connectivity index (χ1v) is 14.0. The summed E-state index contributed by atoms with van der Waals surface area (Å²) in [5.74, 6) is 0.378. The van der Waals surface area contributed by atoms with Crippen molar-refractivity contribution in [2.45, 2.75) is 56.8 Å². The standard InChI is InChI=1S/C25H27F2N3O4S2/c1-17-6-3-4-8-23(17)35-30(24-9-5-7-18(2)28-24)19-12-14-29(15-13-19)36(31,32)20-10-11-21-22(16-20)34-25(26,27)33-21/h5-11,16,19H,3-4,12-15H2,1-2H3. The molecule has 1 aromatic heterocycles. The van der Waals surface area contributed by atoms with Crippen molar-refractivity contribution < 1.29 is 26.7 Å². The quantitative estimate of drug-likeness (QED) is 0.443. The molecule has 1 fully saturated rings. The van der Waals surface area contributed by atoms with Gasteiger partial charge in [-0.1, -0.05) is 18.2 Å². The highest BCUT2D eigenvalue weighted by molar-refractivity contribution is 8.04. The number of fused-ring (bicyclic) bond motifs is 1. The largest absolute Gasteiger partial charge is 0.586 e. The summed E-state index contributed by atoms with van der Waals surface area (Å²) in [6, 6.07) is 9.55. The van der Waals surface area contributed by atoms with E-state index in [4.69, 9.17) is 4.98 Å². The molecular formula is C25H27F2N3O4S2. The summed E-state index contributed by atoms with van der Waals surface area (Å²) in [6.45, 7) is 4.66. The number of aromatic nitrogens is 1. The van der Waals surface area contributed by atoms with Crippen molar-refractivity contribution in [2.24, 2.45) is 0 Å². The zero-order chi connectivity index (χ0) is 25.5. The third-order valence-electron chi connectivity index (χ3n) is 6.40. The predicted octanol–water partition coefficient (Wildman–Crippen LogP) is 5.64. The zero-order valence-electron chi connectivity index (χ0n) is 20.0. The van der Waals surface area contributed by atoms with Crippen LogP contribution in [0.3, 0.4) is 0 Å². The van der Waals surface area contributed by atoms with Crippen molar-refractivity contribution in [2.75, 3.05) is 17.4 Å². The van der Waals surface area contributed by atoms with Gasteiger partial charge < -0.3 is 9.47 Å². The Morgan fingerprint density at radius 3 is 2.50 bits per heavy atom. The Bertz CT molecular complexity index is 1320. The molecule has 0 unspecified atom stereocenters. The van der Waals surface area contributed by atoms with Gasteiger partial charge in [0.25, 0.3) is 0 Å². The number of benzene rings is 1. The maximum Gasteiger partial charge on any atom is 0.586 e. The van der Waals surface area contributed by atoms with Crippen LogP contribution in [0.1, 0.15) is 38.3 Å². The highest BCUT2D eigenvalue weighted by Gasteiger charge is 2.44. The van der Waals surface area contributed by atoms with E-state index in [1.807, 2.05) is 25.1 Å². The fourth-order valence-corrected chi connectivity index (χ4v) is 7.18. The predicted molar refractivity (Wildman–Crippen MR) is 135 cm³/mol. The second-order valence-corrected chi connectivity index (χ2v) is 12.0. The fraction of sp³-hybridized carbons (Fsp3) is 0.400. The summed E-state index contributed by atoms with van der Waals surface area (Å²) >= 11 is 1.65. The zero-order valence-corrected chi connectivity index (χ0v) is 21.6. The van der Waals surface area contributed by atoms with Crippen LogP contribution < -0.4 is 13.8 Å². The summed E-state index contributed by atoms with van der Waals surface area (Å²) in [4.78, 5) is 5.83. The molecule has 1 aromatic carbocycles. The van der Waals surface area contributed by atoms with E-state index in [0.29, 0.717) is 25.9 Å². The van der Waals surface area contributed by atoms with E-state index in [1.54, 1.807) is 11.9 Å². The van der Waals surface area contributed by atoms with Crippen LogP contribution in [0.15, 0.2) is 63.9 Å². The number of hydrogen-bond donors (Lipinski definition) is 0. The van der Waals surface area contributed by atoms with Crippen LogP contribution in [-0.4, -0.2) is 43.1 Å². The number of nitrogens with zero attached hydrogens (tertiary/aromatic N) is 3. The Balaban J connectivity index is 1.33. The average molecular weight is 536 g/mol. The molecule has 5 rings (SSSR count). The lowest BCUT2D eigenvalue weighted by Gasteiger charge is -2.38. The number of pyridine rings is 1. The topological polar surface area (TPSA) is 72.0 Å². The maximum atomic E-state index is 13.4. The van der Waals surface area contributed by atoms with Gasteiger partial charge in [0.1, 0.15) is 5.82 Å². The van der Waals surface area contributed by atoms with E-state index >= 15 is 0 Å². The van der Waals surface area contributed by atoms with E-state index in [0.717, 1.165) is 30.4 Å². The van der Waals surface area contributed by atoms with Crippen molar-refractivity contribution in [3.05, 3.63) is 64.7 Å². The molecule has 0 N–H and O–H groups in total. The Kier molecular flexibility index (Phi) is 6.73. The van der Waals surface area contributed by atoms with Gasteiger partial charge in [0, 0.05) is 35.8 Å². The van der Waals surface area contributed by atoms with Crippen molar-refractivity contribution in [1.82, 2.24) is 9.29 Å². The fourth-order valence-electron chi connectivity index (χ4n) is 4.51. The van der Waals surface area contributed by atoms with Crippen LogP contribution in [-0.2, 0) is 10.0 Å². The SMILES string of the molecule is CC1=CCCC=C1SN(c1cccc(C)n1)C1CCN(S(=O)(=O)c2ccc3c(c2)OC(F)(F)O3)CC1. The number of ether oxygens (including phenoxy) is 2. The highest BCUT2D eigenvalue weighted by Crippen LogP contribution is 2.43. The van der Waals surface area contributed by atoms with Gasteiger partial charge in [0.2, 0.25) is 10.0 Å². The van der Waals surface area contributed by atoms with Gasteiger partial charge in [0.15, 0.2) is 11.5 Å². The van der Waals surface area contributed by atoms with Gasteiger partial charge in [-0.25, -0.2) is 13.4 Å². The van der Waals surface area contributed by atoms with Gasteiger partial charge in [-0.3, -0.25) is 4.31 Å². The van der Waals surface area contributed by atoms with Gasteiger partial charge in [-0.2, -0.15) is 4.31 Å². The van der Waals surface area contributed by atoms with Crippen LogP contribution in [0.4, 0.5) is 14.6 Å². The van der Waals surface area contributed by atoms with E-state index < -0.39 is 16.3 Å². The molecule has 0 atom stereocenters. The first-order valence-electron chi connectivity index (χ1n) is 11.8. The normalized spacial score (nSPS) is 20.1. The molecule has 0 radical (unpaired) electrons. The molecular weight excluding hydrogens is 508 g/mol. The monoisotopic (exact) mass is 535 g/mol. The summed E-state index contributed by atoms with van der Waals surface area (Å²) in [5, 5.41) is 0. The van der Waals surface area contributed by atoms with Crippen molar-refractivity contribution in [1.29, 1.82) is 0 Å². The molecule has 192 valence electrons. The Morgan fingerprint density at radius 1 is 1.06 bits per heavy atom. The average Bonchev–Trinajstić information content (AvgIpc) is 3.16. The summed E-state index contributed by atoms with van der Waals surface area (Å²) in [5.41, 5.74) is 2.15. The first-order chi connectivity index (χ1) is 17.1. The molecule has 11 heteroatoms. The van der Waals surface area contributed by atoms with Crippen molar-refractivity contribution in [3.63, 3.8) is 0 Å². The molecule has 3 heterocycles. The number of piperidine rings is 1. The smallest absolute Gasteiger partial charge is 0.395 e. The number of sulfonamides is 1. The lowest BCUT2D eigenvalue weighted by Crippen LogP contribution is -2.45. The minimum Gasteiger partial charge on any atom is -0.395 e. The molecule has 36 heavy (non-hydrogen) atoms. The number of anilines is 1. The Morgan fingerprint density at radius 2 is 1.78 bits per heavy atom. The summed E-state index contributed by atoms with van der Waals surface area (Å²) in [7, 11) is -3.89. The number of allylic oxidation sites excluding steroid dienone is 3. The second kappa shape index (κ2) is 9.68. The molecule has 1 saturated heterocycles. The molecule has 0 bridgehead atoms. The van der Waals surface area contributed by atoms with E-state index in [-0.39, 0.29) is 22.4 Å². The van der Waals surface area contributed by atoms with Gasteiger partial charge in [-0.05, 0) is 81.3 Å². The number of halogens is 2. The van der Waals surface area contributed by atoms with Crippen LogP contribution >= 0.6 is 11.9 Å². The molecule has 3 aliphatic rings. The molecule has 0 amide bonds. The minimum atomic E-state index is -3.89. The lowest BCUT2D eigenvalue weighted by molar-refractivity contribution is -0.286. The minimum absolute atomic E-state index is 0.0711. The lowest BCUT2D eigenvalue weighted by atomic mass is 10.1. The van der Waals surface area contributed by atoms with Crippen LogP contribution in [0.5, 0.6) is 11.5 Å². The number of rotatable bonds is 6. The molecule has 2 aromatic rings. The van der Waals surface area contributed by atoms with Crippen LogP contribution in [0.25, 0.3) is 0 Å². The van der Waals surface area contributed by atoms with Crippen molar-refractivity contribution >= 4 is 27.8 Å². The van der Waals surface area contributed by atoms with E-state index in [2.05, 4.69) is 32.9 Å². The molecule has 1 aliphatic carbocycles. The molecule has 0 spiro atoms. The van der Waals surface area contributed by atoms with Gasteiger partial charge in [0.05, 0.1) is 4.90 Å². The number of alkyl halides is 2. The Hall–Kier alpha value is -2.63. The Labute approximate surface area is 214 Å². The second-order valence-electron chi connectivity index (χ2n) is 9.00. The third kappa shape index (κ3) is 5.09. The maximum absolute atomic E-state index is 13.4.